The molecule has 0 amide bonds. The molecule has 0 aromatic carbocycles. The van der Waals surface area contributed by atoms with Crippen molar-refractivity contribution in [1.29, 1.82) is 0 Å². The molecule has 0 aromatic heterocycles. The molecule has 0 aliphatic heterocycles. The van der Waals surface area contributed by atoms with E-state index in [1.54, 1.807) is 6.08 Å². The van der Waals surface area contributed by atoms with Gasteiger partial charge in [-0.3, -0.25) is 9.59 Å². The van der Waals surface area contributed by atoms with Crippen molar-refractivity contribution in [3.8, 4) is 0 Å². The number of hydrogen-bond donors (Lipinski definition) is 1. The zero-order valence-electron chi connectivity index (χ0n) is 27.8. The number of ether oxygens (including phenoxy) is 2. The first-order chi connectivity index (χ1) is 18.8. The first kappa shape index (κ1) is 38.4. The lowest BCUT2D eigenvalue weighted by Gasteiger charge is -2.32. The highest BCUT2D eigenvalue weighted by atomic mass is 16.6. The van der Waals surface area contributed by atoms with Crippen LogP contribution in [-0.4, -0.2) is 50.2 Å². The van der Waals surface area contributed by atoms with Gasteiger partial charge in [-0.05, 0) is 89.7 Å². The van der Waals surface area contributed by atoms with Crippen molar-refractivity contribution < 1.29 is 19.1 Å². The fourth-order valence-corrected chi connectivity index (χ4v) is 5.19. The zero-order valence-corrected chi connectivity index (χ0v) is 27.8. The number of esters is 2. The summed E-state index contributed by atoms with van der Waals surface area (Å²) < 4.78 is 11.3. The molecule has 6 heteroatoms. The third-order valence-electron chi connectivity index (χ3n) is 8.23. The molecule has 0 aromatic rings. The average Bonchev–Trinajstić information content (AvgIpc) is 2.86. The van der Waals surface area contributed by atoms with Gasteiger partial charge in [0.1, 0.15) is 12.7 Å². The molecule has 2 N–H and O–H groups in total. The predicted octanol–water partition coefficient (Wildman–Crippen LogP) is 8.14. The molecular formula is C34H66N2O4. The van der Waals surface area contributed by atoms with Crippen molar-refractivity contribution in [1.82, 2.24) is 4.90 Å². The number of nitrogens with zero attached hydrogens (tertiary/aromatic N) is 1. The van der Waals surface area contributed by atoms with E-state index in [-0.39, 0.29) is 18.5 Å². The summed E-state index contributed by atoms with van der Waals surface area (Å²) in [5, 5.41) is 0. The average molecular weight is 567 g/mol. The Hall–Kier alpha value is -1.56. The molecular weight excluding hydrogens is 500 g/mol. The third kappa shape index (κ3) is 19.5. The standard InChI is InChI=1S/C34H66N2O4/c1-27(2)15-10-16-28(3)17-11-18-29(4)19-12-20-30(5)22-23-31(40-32(37)21-13-25-36(8)9)34(6,7)33(38)39-26-14-24-35/h14,24,27-31H,10-13,15-23,25-26,35H2,1-9H3/b24-14+. The van der Waals surface area contributed by atoms with Gasteiger partial charge < -0.3 is 20.1 Å². The van der Waals surface area contributed by atoms with Gasteiger partial charge in [0.25, 0.3) is 0 Å². The minimum atomic E-state index is -0.931. The van der Waals surface area contributed by atoms with E-state index < -0.39 is 11.5 Å². The summed E-state index contributed by atoms with van der Waals surface area (Å²) in [7, 11) is 3.98. The Bertz CT molecular complexity index is 689. The molecule has 0 radical (unpaired) electrons. The van der Waals surface area contributed by atoms with Crippen LogP contribution in [-0.2, 0) is 19.1 Å². The monoisotopic (exact) mass is 567 g/mol. The lowest BCUT2D eigenvalue weighted by Crippen LogP contribution is -2.42. The molecule has 236 valence electrons. The van der Waals surface area contributed by atoms with Crippen molar-refractivity contribution >= 4 is 11.9 Å². The molecule has 40 heavy (non-hydrogen) atoms. The van der Waals surface area contributed by atoms with E-state index in [2.05, 4.69) is 39.5 Å². The van der Waals surface area contributed by atoms with Crippen LogP contribution in [0, 0.1) is 29.1 Å². The zero-order chi connectivity index (χ0) is 30.6. The highest BCUT2D eigenvalue weighted by molar-refractivity contribution is 5.78. The first-order valence-electron chi connectivity index (χ1n) is 16.2. The number of carbonyl (C=O) groups excluding carboxylic acids is 2. The summed E-state index contributed by atoms with van der Waals surface area (Å²) in [6.07, 6.45) is 16.8. The van der Waals surface area contributed by atoms with E-state index >= 15 is 0 Å². The molecule has 4 atom stereocenters. The second-order valence-corrected chi connectivity index (χ2v) is 13.7. The number of carbonyl (C=O) groups is 2. The molecule has 0 bridgehead atoms. The SMILES string of the molecule is CC(C)CCCC(C)CCCC(C)CCCC(C)CCC(OC(=O)CCCN(C)C)C(C)(C)C(=O)OC/C=C/N. The van der Waals surface area contributed by atoms with Gasteiger partial charge in [0, 0.05) is 6.42 Å². The van der Waals surface area contributed by atoms with Gasteiger partial charge in [0.15, 0.2) is 0 Å². The third-order valence-corrected chi connectivity index (χ3v) is 8.23. The van der Waals surface area contributed by atoms with Crippen molar-refractivity contribution in [3.05, 3.63) is 12.3 Å². The maximum Gasteiger partial charge on any atom is 0.315 e. The minimum absolute atomic E-state index is 0.119. The molecule has 0 aliphatic rings. The summed E-state index contributed by atoms with van der Waals surface area (Å²) in [5.74, 6) is 2.33. The highest BCUT2D eigenvalue weighted by Crippen LogP contribution is 2.31. The maximum absolute atomic E-state index is 12.9. The summed E-state index contributed by atoms with van der Waals surface area (Å²) in [6.45, 7) is 16.3. The predicted molar refractivity (Wildman–Crippen MR) is 169 cm³/mol. The van der Waals surface area contributed by atoms with Crippen LogP contribution in [0.1, 0.15) is 132 Å². The Balaban J connectivity index is 4.66. The molecule has 0 aliphatic carbocycles. The van der Waals surface area contributed by atoms with Crippen LogP contribution >= 0.6 is 0 Å². The van der Waals surface area contributed by atoms with Gasteiger partial charge in [-0.1, -0.05) is 92.4 Å². The van der Waals surface area contributed by atoms with Gasteiger partial charge >= 0.3 is 11.9 Å². The maximum atomic E-state index is 12.9. The molecule has 6 nitrogen and oxygen atoms in total. The highest BCUT2D eigenvalue weighted by Gasteiger charge is 2.40. The Kier molecular flexibility index (Phi) is 21.2. The van der Waals surface area contributed by atoms with Crippen LogP contribution in [0.5, 0.6) is 0 Å². The van der Waals surface area contributed by atoms with Gasteiger partial charge in [0.05, 0.1) is 5.41 Å². The fourth-order valence-electron chi connectivity index (χ4n) is 5.19. The normalized spacial score (nSPS) is 15.4. The van der Waals surface area contributed by atoms with E-state index in [0.29, 0.717) is 18.8 Å². The van der Waals surface area contributed by atoms with Crippen molar-refractivity contribution in [3.63, 3.8) is 0 Å². The molecule has 4 unspecified atom stereocenters. The summed E-state index contributed by atoms with van der Waals surface area (Å²) >= 11 is 0. The van der Waals surface area contributed by atoms with Crippen LogP contribution in [0.25, 0.3) is 0 Å². The summed E-state index contributed by atoms with van der Waals surface area (Å²) in [6, 6.07) is 0. The molecule has 0 saturated carbocycles. The Morgan fingerprint density at radius 2 is 1.27 bits per heavy atom. The largest absolute Gasteiger partial charge is 0.461 e. The second-order valence-electron chi connectivity index (χ2n) is 13.7. The second kappa shape index (κ2) is 22.1. The van der Waals surface area contributed by atoms with Gasteiger partial charge in [-0.2, -0.15) is 0 Å². The quantitative estimate of drug-likeness (QED) is 0.119. The van der Waals surface area contributed by atoms with E-state index in [9.17, 15) is 9.59 Å². The lowest BCUT2D eigenvalue weighted by molar-refractivity contribution is -0.170. The molecule has 0 heterocycles. The first-order valence-corrected chi connectivity index (χ1v) is 16.2. The van der Waals surface area contributed by atoms with Crippen LogP contribution in [0.4, 0.5) is 0 Å². The van der Waals surface area contributed by atoms with Gasteiger partial charge in [-0.15, -0.1) is 0 Å². The van der Waals surface area contributed by atoms with Crippen LogP contribution in [0.3, 0.4) is 0 Å². The lowest BCUT2D eigenvalue weighted by atomic mass is 9.82. The Labute approximate surface area is 248 Å². The number of nitrogens with two attached hydrogens (primary N) is 1. The van der Waals surface area contributed by atoms with Gasteiger partial charge in [0.2, 0.25) is 0 Å². The number of rotatable bonds is 24. The molecule has 0 spiro atoms. The van der Waals surface area contributed by atoms with E-state index in [1.807, 2.05) is 27.9 Å². The molecule has 0 rings (SSSR count). The van der Waals surface area contributed by atoms with Crippen molar-refractivity contribution in [2.24, 2.45) is 34.8 Å². The van der Waals surface area contributed by atoms with Crippen molar-refractivity contribution in [2.45, 2.75) is 138 Å². The summed E-state index contributed by atoms with van der Waals surface area (Å²) in [4.78, 5) is 27.6. The van der Waals surface area contributed by atoms with E-state index in [1.165, 1.54) is 57.6 Å². The Morgan fingerprint density at radius 3 is 1.75 bits per heavy atom. The minimum Gasteiger partial charge on any atom is -0.461 e. The molecule has 0 saturated heterocycles. The topological polar surface area (TPSA) is 81.9 Å². The smallest absolute Gasteiger partial charge is 0.315 e. The van der Waals surface area contributed by atoms with Crippen molar-refractivity contribution in [2.75, 3.05) is 27.2 Å². The fraction of sp³-hybridized carbons (Fsp3) is 0.882. The van der Waals surface area contributed by atoms with Crippen LogP contribution in [0.2, 0.25) is 0 Å². The Morgan fingerprint density at radius 1 is 0.775 bits per heavy atom. The number of hydrogen-bond acceptors (Lipinski definition) is 6. The molecule has 0 fully saturated rings. The van der Waals surface area contributed by atoms with E-state index in [4.69, 9.17) is 15.2 Å². The van der Waals surface area contributed by atoms with Crippen LogP contribution < -0.4 is 5.73 Å². The summed E-state index contributed by atoms with van der Waals surface area (Å²) in [5.41, 5.74) is 4.44. The van der Waals surface area contributed by atoms with E-state index in [0.717, 1.165) is 43.6 Å². The van der Waals surface area contributed by atoms with Crippen LogP contribution in [0.15, 0.2) is 12.3 Å². The van der Waals surface area contributed by atoms with Gasteiger partial charge in [-0.25, -0.2) is 0 Å².